The van der Waals surface area contributed by atoms with Gasteiger partial charge in [0.25, 0.3) is 0 Å². The van der Waals surface area contributed by atoms with Gasteiger partial charge in [-0.25, -0.2) is 0 Å². The molecular weight excluding hydrogens is 300 g/mol. The number of carbonyl (C=O) groups is 2. The Morgan fingerprint density at radius 1 is 0.958 bits per heavy atom. The van der Waals surface area contributed by atoms with E-state index in [-0.39, 0.29) is 17.7 Å². The first-order valence-electron chi connectivity index (χ1n) is 9.15. The topological polar surface area (TPSA) is 40.6 Å². The summed E-state index contributed by atoms with van der Waals surface area (Å²) < 4.78 is 0. The van der Waals surface area contributed by atoms with E-state index in [2.05, 4.69) is 31.2 Å². The fraction of sp³-hybridized carbons (Fsp3) is 0.600. The lowest BCUT2D eigenvalue weighted by atomic mass is 10.1. The number of nitrogens with zero attached hydrogens (tertiary/aromatic N) is 2. The van der Waals surface area contributed by atoms with Gasteiger partial charge < -0.3 is 9.80 Å². The molecule has 132 valence electrons. The van der Waals surface area contributed by atoms with E-state index in [1.165, 1.54) is 11.1 Å². The highest BCUT2D eigenvalue weighted by molar-refractivity contribution is 5.79. The minimum Gasteiger partial charge on any atom is -0.341 e. The summed E-state index contributed by atoms with van der Waals surface area (Å²) in [7, 11) is 0. The summed E-state index contributed by atoms with van der Waals surface area (Å²) in [5.41, 5.74) is 2.54. The first kappa shape index (κ1) is 18.5. The van der Waals surface area contributed by atoms with Gasteiger partial charge in [0.05, 0.1) is 0 Å². The van der Waals surface area contributed by atoms with Gasteiger partial charge in [-0.3, -0.25) is 9.59 Å². The van der Waals surface area contributed by atoms with E-state index >= 15 is 0 Å². The van der Waals surface area contributed by atoms with Crippen molar-refractivity contribution >= 4 is 11.8 Å². The second kappa shape index (κ2) is 8.86. The van der Waals surface area contributed by atoms with Crippen LogP contribution in [0.25, 0.3) is 0 Å². The van der Waals surface area contributed by atoms with Crippen LogP contribution < -0.4 is 0 Å². The molecule has 1 fully saturated rings. The van der Waals surface area contributed by atoms with Crippen molar-refractivity contribution in [2.24, 2.45) is 5.92 Å². The van der Waals surface area contributed by atoms with Gasteiger partial charge in [0.2, 0.25) is 11.8 Å². The molecule has 0 spiro atoms. The predicted octanol–water partition coefficient (Wildman–Crippen LogP) is 2.90. The Morgan fingerprint density at radius 3 is 2.17 bits per heavy atom. The Hall–Kier alpha value is -1.84. The second-order valence-corrected chi connectivity index (χ2v) is 6.88. The minimum atomic E-state index is 0.0262. The number of amides is 2. The highest BCUT2D eigenvalue weighted by Crippen LogP contribution is 2.11. The lowest BCUT2D eigenvalue weighted by Crippen LogP contribution is -2.39. The fourth-order valence-corrected chi connectivity index (χ4v) is 3.10. The average molecular weight is 330 g/mol. The molecule has 1 aromatic carbocycles. The Kier molecular flexibility index (Phi) is 6.83. The van der Waals surface area contributed by atoms with Gasteiger partial charge in [0.15, 0.2) is 0 Å². The molecule has 2 amide bonds. The third kappa shape index (κ3) is 5.08. The van der Waals surface area contributed by atoms with Crippen LogP contribution in [-0.4, -0.2) is 47.8 Å². The normalized spacial score (nSPS) is 15.5. The van der Waals surface area contributed by atoms with Crippen molar-refractivity contribution in [3.63, 3.8) is 0 Å². The summed E-state index contributed by atoms with van der Waals surface area (Å²) in [4.78, 5) is 28.4. The van der Waals surface area contributed by atoms with Crippen LogP contribution in [0.15, 0.2) is 24.3 Å². The molecule has 4 nitrogen and oxygen atoms in total. The molecule has 0 saturated carbocycles. The lowest BCUT2D eigenvalue weighted by molar-refractivity contribution is -0.135. The molecule has 0 atom stereocenters. The van der Waals surface area contributed by atoms with Crippen molar-refractivity contribution in [2.75, 3.05) is 26.2 Å². The average Bonchev–Trinajstić information content (AvgIpc) is 2.85. The summed E-state index contributed by atoms with van der Waals surface area (Å²) in [5.74, 6) is 0.423. The van der Waals surface area contributed by atoms with Crippen LogP contribution in [-0.2, 0) is 22.4 Å². The lowest BCUT2D eigenvalue weighted by Gasteiger charge is -2.23. The van der Waals surface area contributed by atoms with Gasteiger partial charge in [-0.15, -0.1) is 0 Å². The minimum absolute atomic E-state index is 0.0262. The highest BCUT2D eigenvalue weighted by Gasteiger charge is 2.23. The smallest absolute Gasteiger partial charge is 0.225 e. The first-order chi connectivity index (χ1) is 11.5. The summed E-state index contributed by atoms with van der Waals surface area (Å²) in [5, 5.41) is 0. The number of aryl methyl sites for hydroxylation is 2. The number of rotatable bonds is 5. The molecule has 1 saturated heterocycles. The van der Waals surface area contributed by atoms with Crippen molar-refractivity contribution in [3.05, 3.63) is 35.4 Å². The van der Waals surface area contributed by atoms with Gasteiger partial charge in [0, 0.05) is 38.5 Å². The quantitative estimate of drug-likeness (QED) is 0.833. The zero-order valence-corrected chi connectivity index (χ0v) is 15.3. The second-order valence-electron chi connectivity index (χ2n) is 6.88. The molecule has 0 aromatic heterocycles. The van der Waals surface area contributed by atoms with Crippen LogP contribution in [0.2, 0.25) is 0 Å². The van der Waals surface area contributed by atoms with Crippen molar-refractivity contribution in [2.45, 2.75) is 46.5 Å². The molecule has 1 aliphatic heterocycles. The number of benzene rings is 1. The monoisotopic (exact) mass is 330 g/mol. The van der Waals surface area contributed by atoms with Gasteiger partial charge in [-0.2, -0.15) is 0 Å². The summed E-state index contributed by atoms with van der Waals surface area (Å²) in [6.45, 7) is 8.85. The zero-order valence-electron chi connectivity index (χ0n) is 15.3. The molecule has 24 heavy (non-hydrogen) atoms. The van der Waals surface area contributed by atoms with Crippen LogP contribution in [0.1, 0.15) is 44.7 Å². The fourth-order valence-electron chi connectivity index (χ4n) is 3.10. The van der Waals surface area contributed by atoms with Crippen molar-refractivity contribution < 1.29 is 9.59 Å². The number of hydrogen-bond donors (Lipinski definition) is 0. The van der Waals surface area contributed by atoms with Gasteiger partial charge in [-0.1, -0.05) is 45.0 Å². The molecular formula is C20H30N2O2. The Morgan fingerprint density at radius 2 is 1.54 bits per heavy atom. The highest BCUT2D eigenvalue weighted by atomic mass is 16.2. The van der Waals surface area contributed by atoms with Gasteiger partial charge in [0.1, 0.15) is 0 Å². The van der Waals surface area contributed by atoms with Crippen LogP contribution in [0.5, 0.6) is 0 Å². The molecule has 1 aliphatic rings. The molecule has 0 radical (unpaired) electrons. The SMILES string of the molecule is CCc1ccc(CCC(=O)N2CCCN(C(=O)C(C)C)CC2)cc1. The Bertz CT molecular complexity index is 551. The maximum absolute atomic E-state index is 12.5. The maximum atomic E-state index is 12.5. The Labute approximate surface area is 145 Å². The van der Waals surface area contributed by atoms with Gasteiger partial charge >= 0.3 is 0 Å². The van der Waals surface area contributed by atoms with Crippen LogP contribution in [0, 0.1) is 5.92 Å². The molecule has 1 aromatic rings. The molecule has 2 rings (SSSR count). The van der Waals surface area contributed by atoms with Crippen molar-refractivity contribution in [1.82, 2.24) is 9.80 Å². The predicted molar refractivity (Wildman–Crippen MR) is 96.8 cm³/mol. The molecule has 4 heteroatoms. The summed E-state index contributed by atoms with van der Waals surface area (Å²) in [6.07, 6.45) is 3.24. The summed E-state index contributed by atoms with van der Waals surface area (Å²) >= 11 is 0. The Balaban J connectivity index is 1.82. The number of hydrogen-bond acceptors (Lipinski definition) is 2. The van der Waals surface area contributed by atoms with E-state index in [1.807, 2.05) is 23.6 Å². The molecule has 0 N–H and O–H groups in total. The summed E-state index contributed by atoms with van der Waals surface area (Å²) in [6, 6.07) is 8.53. The molecule has 0 aliphatic carbocycles. The van der Waals surface area contributed by atoms with E-state index in [0.717, 1.165) is 32.4 Å². The van der Waals surface area contributed by atoms with E-state index in [9.17, 15) is 9.59 Å². The van der Waals surface area contributed by atoms with E-state index in [0.29, 0.717) is 19.5 Å². The number of carbonyl (C=O) groups excluding carboxylic acids is 2. The standard InChI is InChI=1S/C20H30N2O2/c1-4-17-6-8-18(9-7-17)10-11-19(23)21-12-5-13-22(15-14-21)20(24)16(2)3/h6-9,16H,4-5,10-15H2,1-3H3. The largest absolute Gasteiger partial charge is 0.341 e. The van der Waals surface area contributed by atoms with Crippen LogP contribution >= 0.6 is 0 Å². The third-order valence-corrected chi connectivity index (χ3v) is 4.71. The van der Waals surface area contributed by atoms with Crippen LogP contribution in [0.4, 0.5) is 0 Å². The molecule has 0 unspecified atom stereocenters. The maximum Gasteiger partial charge on any atom is 0.225 e. The third-order valence-electron chi connectivity index (χ3n) is 4.71. The van der Waals surface area contributed by atoms with E-state index in [1.54, 1.807) is 0 Å². The molecule has 1 heterocycles. The first-order valence-corrected chi connectivity index (χ1v) is 9.15. The zero-order chi connectivity index (χ0) is 17.5. The van der Waals surface area contributed by atoms with E-state index in [4.69, 9.17) is 0 Å². The van der Waals surface area contributed by atoms with E-state index < -0.39 is 0 Å². The van der Waals surface area contributed by atoms with Crippen LogP contribution in [0.3, 0.4) is 0 Å². The van der Waals surface area contributed by atoms with Gasteiger partial charge in [-0.05, 0) is 30.4 Å². The van der Waals surface area contributed by atoms with Crippen molar-refractivity contribution in [1.29, 1.82) is 0 Å². The van der Waals surface area contributed by atoms with Crippen molar-refractivity contribution in [3.8, 4) is 0 Å². The molecule has 0 bridgehead atoms.